The van der Waals surface area contributed by atoms with Crippen molar-refractivity contribution >= 4 is 101 Å². The second-order valence-corrected chi connectivity index (χ2v) is 24.5. The van der Waals surface area contributed by atoms with Gasteiger partial charge in [0.1, 0.15) is 22.3 Å². The van der Waals surface area contributed by atoms with Crippen LogP contribution >= 0.6 is 0 Å². The van der Waals surface area contributed by atoms with Crippen LogP contribution in [0.2, 0.25) is 0 Å². The topological polar surface area (TPSA) is 32.8 Å². The molecule has 4 heterocycles. The van der Waals surface area contributed by atoms with E-state index in [1.54, 1.807) is 0 Å². The van der Waals surface area contributed by atoms with Crippen LogP contribution in [0.25, 0.3) is 77.3 Å². The predicted octanol–water partition coefficient (Wildman–Crippen LogP) is 18.5. The van der Waals surface area contributed by atoms with Crippen molar-refractivity contribution in [2.24, 2.45) is 0 Å². The first-order valence-corrected chi connectivity index (χ1v) is 27.3. The summed E-state index contributed by atoms with van der Waals surface area (Å²) in [7, 11) is 0. The number of hydrogen-bond acceptors (Lipinski definition) is 4. The molecule has 14 rings (SSSR count). The zero-order valence-corrected chi connectivity index (χ0v) is 45.4. The molecule has 0 N–H and O–H groups in total. The van der Waals surface area contributed by atoms with Gasteiger partial charge >= 0.3 is 0 Å². The number of nitrogens with zero attached hydrogens (tertiary/aromatic N) is 2. The van der Waals surface area contributed by atoms with Crippen molar-refractivity contribution < 1.29 is 8.83 Å². The van der Waals surface area contributed by atoms with Crippen molar-refractivity contribution in [3.05, 3.63) is 223 Å². The van der Waals surface area contributed by atoms with Crippen LogP contribution in [0, 0.1) is 0 Å². The van der Waals surface area contributed by atoms with E-state index in [1.165, 1.54) is 55.8 Å². The lowest BCUT2D eigenvalue weighted by Gasteiger charge is -2.46. The lowest BCUT2D eigenvalue weighted by atomic mass is 9.33. The SMILES string of the molecule is CC(C)(C)c1ccc2c(c1)B1c3ccc(C(C)(C)C)cc3N(c3ccc(-c4cccc5c4oc4ccccc45)cc3-c3ccccc3)c3cc(C(C)(C)C)cc(c31)N2c1ccc(-c2cccc3c2oc2ccccc23)cc1. The molecule has 0 fully saturated rings. The summed E-state index contributed by atoms with van der Waals surface area (Å²) in [6.07, 6.45) is 0. The van der Waals surface area contributed by atoms with Gasteiger partial charge in [0.2, 0.25) is 0 Å². The Bertz CT molecular complexity index is 4350. The molecule has 2 aliphatic heterocycles. The fourth-order valence-electron chi connectivity index (χ4n) is 12.4. The molecule has 2 aliphatic rings. The third kappa shape index (κ3) is 7.49. The molecule has 0 radical (unpaired) electrons. The van der Waals surface area contributed by atoms with E-state index >= 15 is 0 Å². The maximum absolute atomic E-state index is 6.70. The molecule has 0 amide bonds. The number of para-hydroxylation sites is 4. The highest BCUT2D eigenvalue weighted by molar-refractivity contribution is 7.00. The summed E-state index contributed by atoms with van der Waals surface area (Å²) in [6, 6.07) is 76.6. The van der Waals surface area contributed by atoms with E-state index in [2.05, 4.69) is 272 Å². The summed E-state index contributed by atoms with van der Waals surface area (Å²) in [4.78, 5) is 5.18. The summed E-state index contributed by atoms with van der Waals surface area (Å²) in [6.45, 7) is 21.0. The highest BCUT2D eigenvalue weighted by Gasteiger charge is 2.45. The average molecular weight is 997 g/mol. The van der Waals surface area contributed by atoms with Crippen LogP contribution < -0.4 is 26.2 Å². The monoisotopic (exact) mass is 996 g/mol. The Hall–Kier alpha value is -8.54. The third-order valence-electron chi connectivity index (χ3n) is 16.5. The van der Waals surface area contributed by atoms with Crippen molar-refractivity contribution in [2.75, 3.05) is 9.80 Å². The third-order valence-corrected chi connectivity index (χ3v) is 16.5. The van der Waals surface area contributed by atoms with E-state index in [9.17, 15) is 0 Å². The molecule has 0 atom stereocenters. The zero-order valence-electron chi connectivity index (χ0n) is 45.4. The second-order valence-electron chi connectivity index (χ2n) is 24.5. The van der Waals surface area contributed by atoms with Gasteiger partial charge in [-0.25, -0.2) is 0 Å². The molecule has 0 aliphatic carbocycles. The fraction of sp³-hybridized carbons (Fsp3) is 0.167. The maximum atomic E-state index is 6.70. The Labute approximate surface area is 452 Å². The lowest BCUT2D eigenvalue weighted by Crippen LogP contribution is -2.61. The van der Waals surface area contributed by atoms with Gasteiger partial charge in [-0.3, -0.25) is 0 Å². The highest BCUT2D eigenvalue weighted by Crippen LogP contribution is 2.50. The second kappa shape index (κ2) is 17.0. The van der Waals surface area contributed by atoms with Gasteiger partial charge in [0.05, 0.1) is 5.69 Å². The van der Waals surface area contributed by atoms with Gasteiger partial charge in [-0.2, -0.15) is 0 Å². The number of furan rings is 2. The minimum absolute atomic E-state index is 0.0436. The van der Waals surface area contributed by atoms with Gasteiger partial charge in [0, 0.05) is 66.7 Å². The Morgan fingerprint density at radius 2 is 0.818 bits per heavy atom. The van der Waals surface area contributed by atoms with E-state index in [1.807, 2.05) is 6.07 Å². The smallest absolute Gasteiger partial charge is 0.252 e. The summed E-state index contributed by atoms with van der Waals surface area (Å²) < 4.78 is 13.3. The number of rotatable bonds is 5. The van der Waals surface area contributed by atoms with Crippen molar-refractivity contribution in [1.82, 2.24) is 0 Å². The van der Waals surface area contributed by atoms with Crippen molar-refractivity contribution in [1.29, 1.82) is 0 Å². The molecule has 77 heavy (non-hydrogen) atoms. The summed E-state index contributed by atoms with van der Waals surface area (Å²) >= 11 is 0. The number of benzene rings is 10. The molecular weight excluding hydrogens is 936 g/mol. The Morgan fingerprint density at radius 3 is 1.44 bits per heavy atom. The first-order chi connectivity index (χ1) is 37.1. The number of anilines is 6. The Kier molecular flexibility index (Phi) is 10.4. The molecule has 0 saturated heterocycles. The Morgan fingerprint density at radius 1 is 0.325 bits per heavy atom. The number of fused-ring (bicyclic) bond motifs is 10. The molecule has 4 nitrogen and oxygen atoms in total. The molecule has 10 aromatic carbocycles. The normalized spacial score (nSPS) is 13.4. The van der Waals surface area contributed by atoms with Crippen molar-refractivity contribution in [3.63, 3.8) is 0 Å². The van der Waals surface area contributed by atoms with E-state index in [0.29, 0.717) is 0 Å². The van der Waals surface area contributed by atoms with E-state index in [0.717, 1.165) is 88.6 Å². The minimum atomic E-state index is -0.186. The highest BCUT2D eigenvalue weighted by atomic mass is 16.3. The maximum Gasteiger partial charge on any atom is 0.252 e. The zero-order chi connectivity index (χ0) is 52.7. The predicted molar refractivity (Wildman–Crippen MR) is 327 cm³/mol. The lowest BCUT2D eigenvalue weighted by molar-refractivity contribution is 0.589. The van der Waals surface area contributed by atoms with Gasteiger partial charge in [-0.15, -0.1) is 0 Å². The van der Waals surface area contributed by atoms with Crippen LogP contribution in [0.4, 0.5) is 34.1 Å². The molecule has 374 valence electrons. The van der Waals surface area contributed by atoms with Gasteiger partial charge in [-0.1, -0.05) is 208 Å². The van der Waals surface area contributed by atoms with Crippen LogP contribution in [0.1, 0.15) is 79.0 Å². The Balaban J connectivity index is 1.03. The average Bonchev–Trinajstić information content (AvgIpc) is 4.21. The minimum Gasteiger partial charge on any atom is -0.455 e. The molecule has 5 heteroatoms. The largest absolute Gasteiger partial charge is 0.455 e. The molecule has 0 unspecified atom stereocenters. The number of hydrogen-bond donors (Lipinski definition) is 0. The summed E-state index contributed by atoms with van der Waals surface area (Å²) in [5.74, 6) is 0. The van der Waals surface area contributed by atoms with Crippen molar-refractivity contribution in [2.45, 2.75) is 78.6 Å². The van der Waals surface area contributed by atoms with Crippen LogP contribution in [0.15, 0.2) is 215 Å². The van der Waals surface area contributed by atoms with E-state index in [4.69, 9.17) is 8.83 Å². The van der Waals surface area contributed by atoms with Crippen molar-refractivity contribution in [3.8, 4) is 33.4 Å². The molecule has 0 spiro atoms. The van der Waals surface area contributed by atoms with Gasteiger partial charge < -0.3 is 18.6 Å². The summed E-state index contributed by atoms with van der Waals surface area (Å²) in [5, 5.41) is 4.52. The van der Waals surface area contributed by atoms with Gasteiger partial charge in [0.25, 0.3) is 6.71 Å². The van der Waals surface area contributed by atoms with Crippen LogP contribution in [0.3, 0.4) is 0 Å². The van der Waals surface area contributed by atoms with Gasteiger partial charge in [0.15, 0.2) is 0 Å². The van der Waals surface area contributed by atoms with E-state index < -0.39 is 0 Å². The molecule has 0 bridgehead atoms. The fourth-order valence-corrected chi connectivity index (χ4v) is 12.4. The first kappa shape index (κ1) is 47.0. The molecule has 2 aromatic heterocycles. The first-order valence-electron chi connectivity index (χ1n) is 27.3. The molecular formula is C72H61BN2O2. The van der Waals surface area contributed by atoms with Crippen LogP contribution in [0.5, 0.6) is 0 Å². The summed E-state index contributed by atoms with van der Waals surface area (Å²) in [5.41, 5.74) is 24.8. The van der Waals surface area contributed by atoms with Crippen LogP contribution in [-0.2, 0) is 16.2 Å². The van der Waals surface area contributed by atoms with E-state index in [-0.39, 0.29) is 23.0 Å². The molecule has 0 saturated carbocycles. The standard InChI is InChI=1S/C72H61BN2O2/c1-70(2,3)47-33-38-61-59(40-47)73-58-36-32-48(71(4,5)6)41-62(58)75(60-37-31-46(39-57(60)44-19-11-10-12-20-44)52-24-18-26-56-54-22-14-16-28-66(54)77-69(52)56)64-43-49(72(7,8)9)42-63(67(64)73)74(61)50-34-29-45(30-35-50)51-23-17-25-55-53-21-13-15-27-65(53)76-68(51)55/h10-43H,1-9H3. The quantitative estimate of drug-likeness (QED) is 0.161. The van der Waals surface area contributed by atoms with Crippen LogP contribution in [-0.4, -0.2) is 6.71 Å². The van der Waals surface area contributed by atoms with Gasteiger partial charge in [-0.05, 0) is 127 Å². The molecule has 12 aromatic rings.